The van der Waals surface area contributed by atoms with Gasteiger partial charge in [-0.2, -0.15) is 0 Å². The van der Waals surface area contributed by atoms with Gasteiger partial charge < -0.3 is 9.64 Å². The Morgan fingerprint density at radius 1 is 1.56 bits per heavy atom. The molecule has 0 atom stereocenters. The Kier molecular flexibility index (Phi) is 3.83. The highest BCUT2D eigenvalue weighted by atomic mass is 79.9. The van der Waals surface area contributed by atoms with Gasteiger partial charge in [0, 0.05) is 10.0 Å². The molecule has 1 heterocycles. The summed E-state index contributed by atoms with van der Waals surface area (Å²) in [5.41, 5.74) is 3.42. The molecule has 96 valence electrons. The van der Waals surface area contributed by atoms with Crippen LogP contribution in [0.25, 0.3) is 0 Å². The number of nitrogens with one attached hydrogen (secondary N) is 1. The molecule has 1 saturated heterocycles. The summed E-state index contributed by atoms with van der Waals surface area (Å²) in [5.74, 6) is 4.70. The van der Waals surface area contributed by atoms with Gasteiger partial charge in [0.2, 0.25) is 0 Å². The smallest absolute Gasteiger partial charge is 0.410 e. The summed E-state index contributed by atoms with van der Waals surface area (Å²) in [7, 11) is 0. The number of cyclic esters (lactones) is 1. The molecular weight excluding hydrogens is 302 g/mol. The van der Waals surface area contributed by atoms with E-state index >= 15 is 0 Å². The third kappa shape index (κ3) is 2.62. The molecule has 0 unspecified atom stereocenters. The van der Waals surface area contributed by atoms with E-state index in [0.29, 0.717) is 25.3 Å². The average molecular weight is 314 g/mol. The normalized spacial score (nSPS) is 14.6. The molecule has 1 fully saturated rings. The molecule has 2 amide bonds. The highest BCUT2D eigenvalue weighted by molar-refractivity contribution is 9.10. The number of hydrogen-bond donors (Lipinski definition) is 2. The standard InChI is InChI=1S/C11H12BrN3O3/c12-9-5-7(10(16)14-13)1-2-8(9)6-15-3-4-18-11(15)17/h1-2,5H,3-4,6,13H2,(H,14,16). The first-order chi connectivity index (χ1) is 8.61. The predicted octanol–water partition coefficient (Wildman–Crippen LogP) is 1.00. The molecule has 18 heavy (non-hydrogen) atoms. The van der Waals surface area contributed by atoms with E-state index in [-0.39, 0.29) is 12.0 Å². The van der Waals surface area contributed by atoms with Gasteiger partial charge in [-0.1, -0.05) is 22.0 Å². The fourth-order valence-corrected chi connectivity index (χ4v) is 2.18. The zero-order valence-corrected chi connectivity index (χ0v) is 11.1. The fourth-order valence-electron chi connectivity index (χ4n) is 1.68. The van der Waals surface area contributed by atoms with Crippen molar-refractivity contribution in [1.29, 1.82) is 0 Å². The van der Waals surface area contributed by atoms with Crippen LogP contribution in [0.5, 0.6) is 0 Å². The molecule has 0 radical (unpaired) electrons. The van der Waals surface area contributed by atoms with Crippen LogP contribution in [0, 0.1) is 0 Å². The number of hydrogen-bond acceptors (Lipinski definition) is 4. The molecular formula is C11H12BrN3O3. The largest absolute Gasteiger partial charge is 0.448 e. The Labute approximate surface area is 112 Å². The van der Waals surface area contributed by atoms with Gasteiger partial charge in [0.25, 0.3) is 5.91 Å². The monoisotopic (exact) mass is 313 g/mol. The van der Waals surface area contributed by atoms with Crippen molar-refractivity contribution in [2.24, 2.45) is 5.84 Å². The topological polar surface area (TPSA) is 84.7 Å². The summed E-state index contributed by atoms with van der Waals surface area (Å²) in [5, 5.41) is 0. The van der Waals surface area contributed by atoms with Gasteiger partial charge in [-0.15, -0.1) is 0 Å². The third-order valence-electron chi connectivity index (χ3n) is 2.65. The maximum absolute atomic E-state index is 11.3. The first kappa shape index (κ1) is 12.8. The number of nitrogens with zero attached hydrogens (tertiary/aromatic N) is 1. The number of halogens is 1. The lowest BCUT2D eigenvalue weighted by Gasteiger charge is -2.14. The Morgan fingerprint density at radius 2 is 2.33 bits per heavy atom. The van der Waals surface area contributed by atoms with E-state index in [2.05, 4.69) is 21.4 Å². The van der Waals surface area contributed by atoms with Crippen LogP contribution in [-0.2, 0) is 11.3 Å². The van der Waals surface area contributed by atoms with Crippen molar-refractivity contribution in [2.75, 3.05) is 13.2 Å². The van der Waals surface area contributed by atoms with E-state index in [1.807, 2.05) is 0 Å². The number of hydrazine groups is 1. The average Bonchev–Trinajstić information content (AvgIpc) is 2.76. The number of carbonyl (C=O) groups is 2. The van der Waals surface area contributed by atoms with Crippen molar-refractivity contribution in [3.8, 4) is 0 Å². The Hall–Kier alpha value is -1.60. The van der Waals surface area contributed by atoms with Crippen LogP contribution in [0.15, 0.2) is 22.7 Å². The van der Waals surface area contributed by atoms with Crippen molar-refractivity contribution >= 4 is 27.9 Å². The molecule has 0 aliphatic carbocycles. The minimum atomic E-state index is -0.358. The molecule has 0 saturated carbocycles. The van der Waals surface area contributed by atoms with Crippen molar-refractivity contribution in [3.05, 3.63) is 33.8 Å². The number of amides is 2. The second-order valence-electron chi connectivity index (χ2n) is 3.82. The van der Waals surface area contributed by atoms with Crippen molar-refractivity contribution in [1.82, 2.24) is 10.3 Å². The lowest BCUT2D eigenvalue weighted by atomic mass is 10.1. The summed E-state index contributed by atoms with van der Waals surface area (Å²) < 4.78 is 5.60. The van der Waals surface area contributed by atoms with Gasteiger partial charge in [-0.05, 0) is 17.7 Å². The number of nitrogen functional groups attached to an aromatic ring is 1. The second kappa shape index (κ2) is 5.36. The van der Waals surface area contributed by atoms with Gasteiger partial charge in [0.1, 0.15) is 6.61 Å². The number of benzene rings is 1. The highest BCUT2D eigenvalue weighted by Gasteiger charge is 2.22. The third-order valence-corrected chi connectivity index (χ3v) is 3.39. The van der Waals surface area contributed by atoms with E-state index in [1.54, 1.807) is 23.1 Å². The molecule has 0 spiro atoms. The number of rotatable bonds is 3. The molecule has 0 aromatic heterocycles. The summed E-state index contributed by atoms with van der Waals surface area (Å²) in [6, 6.07) is 5.10. The lowest BCUT2D eigenvalue weighted by molar-refractivity contribution is 0.0953. The van der Waals surface area contributed by atoms with Crippen LogP contribution in [0.4, 0.5) is 4.79 Å². The zero-order valence-electron chi connectivity index (χ0n) is 9.48. The predicted molar refractivity (Wildman–Crippen MR) is 67.6 cm³/mol. The van der Waals surface area contributed by atoms with E-state index in [1.165, 1.54) is 0 Å². The molecule has 2 rings (SSSR count). The van der Waals surface area contributed by atoms with Crippen molar-refractivity contribution in [2.45, 2.75) is 6.54 Å². The molecule has 1 aromatic rings. The molecule has 1 aliphatic rings. The summed E-state index contributed by atoms with van der Waals surface area (Å²) in [6.07, 6.45) is -0.314. The summed E-state index contributed by atoms with van der Waals surface area (Å²) in [6.45, 7) is 1.45. The van der Waals surface area contributed by atoms with E-state index in [4.69, 9.17) is 10.6 Å². The maximum Gasteiger partial charge on any atom is 0.410 e. The second-order valence-corrected chi connectivity index (χ2v) is 4.67. The van der Waals surface area contributed by atoms with Gasteiger partial charge in [0.15, 0.2) is 0 Å². The molecule has 7 heteroatoms. The van der Waals surface area contributed by atoms with Gasteiger partial charge >= 0.3 is 6.09 Å². The first-order valence-electron chi connectivity index (χ1n) is 5.33. The molecule has 1 aromatic carbocycles. The highest BCUT2D eigenvalue weighted by Crippen LogP contribution is 2.21. The molecule has 0 bridgehead atoms. The lowest BCUT2D eigenvalue weighted by Crippen LogP contribution is -2.30. The van der Waals surface area contributed by atoms with Crippen LogP contribution in [0.2, 0.25) is 0 Å². The van der Waals surface area contributed by atoms with Gasteiger partial charge in [-0.25, -0.2) is 10.6 Å². The SMILES string of the molecule is NNC(=O)c1ccc(CN2CCOC2=O)c(Br)c1. The Bertz CT molecular complexity index is 492. The van der Waals surface area contributed by atoms with Crippen molar-refractivity contribution < 1.29 is 14.3 Å². The van der Waals surface area contributed by atoms with E-state index in [0.717, 1.165) is 10.0 Å². The zero-order chi connectivity index (χ0) is 13.1. The minimum absolute atomic E-state index is 0.314. The van der Waals surface area contributed by atoms with E-state index in [9.17, 15) is 9.59 Å². The van der Waals surface area contributed by atoms with Crippen LogP contribution < -0.4 is 11.3 Å². The maximum atomic E-state index is 11.3. The van der Waals surface area contributed by atoms with Gasteiger partial charge in [0.05, 0.1) is 13.1 Å². The molecule has 1 aliphatic heterocycles. The van der Waals surface area contributed by atoms with Gasteiger partial charge in [-0.3, -0.25) is 10.2 Å². The molecule has 6 nitrogen and oxygen atoms in total. The summed E-state index contributed by atoms with van der Waals surface area (Å²) >= 11 is 3.37. The van der Waals surface area contributed by atoms with E-state index < -0.39 is 0 Å². The summed E-state index contributed by atoms with van der Waals surface area (Å²) in [4.78, 5) is 24.3. The van der Waals surface area contributed by atoms with Crippen LogP contribution in [0.1, 0.15) is 15.9 Å². The van der Waals surface area contributed by atoms with Crippen LogP contribution in [0.3, 0.4) is 0 Å². The number of carbonyl (C=O) groups excluding carboxylic acids is 2. The number of ether oxygens (including phenoxy) is 1. The first-order valence-corrected chi connectivity index (χ1v) is 6.12. The quantitative estimate of drug-likeness (QED) is 0.495. The van der Waals surface area contributed by atoms with Crippen molar-refractivity contribution in [3.63, 3.8) is 0 Å². The minimum Gasteiger partial charge on any atom is -0.448 e. The molecule has 3 N–H and O–H groups in total. The fraction of sp³-hybridized carbons (Fsp3) is 0.273. The number of nitrogens with two attached hydrogens (primary N) is 1. The Morgan fingerprint density at radius 3 is 2.89 bits per heavy atom. The van der Waals surface area contributed by atoms with Crippen LogP contribution in [-0.4, -0.2) is 30.1 Å². The van der Waals surface area contributed by atoms with Crippen LogP contribution >= 0.6 is 15.9 Å². The Balaban J connectivity index is 2.14.